The first-order valence-corrected chi connectivity index (χ1v) is 7.87. The number of nitrogens with zero attached hydrogens (tertiary/aromatic N) is 2. The van der Waals surface area contributed by atoms with Gasteiger partial charge in [0.15, 0.2) is 12.1 Å². The van der Waals surface area contributed by atoms with Gasteiger partial charge in [0.1, 0.15) is 11.5 Å². The van der Waals surface area contributed by atoms with Crippen LogP contribution in [-0.2, 0) is 9.53 Å². The minimum Gasteiger partial charge on any atom is -0.394 e. The predicted octanol–water partition coefficient (Wildman–Crippen LogP) is -0.182. The molecule has 3 aliphatic rings. The number of fused-ring (bicyclic) bond motifs is 1. The number of ether oxygens (including phenoxy) is 1. The van der Waals surface area contributed by atoms with E-state index in [1.807, 2.05) is 13.8 Å². The maximum Gasteiger partial charge on any atom is 0.286 e. The second kappa shape index (κ2) is 6.63. The van der Waals surface area contributed by atoms with E-state index in [-0.39, 0.29) is 29.8 Å². The van der Waals surface area contributed by atoms with Gasteiger partial charge in [-0.15, -0.1) is 0 Å². The van der Waals surface area contributed by atoms with Gasteiger partial charge in [-0.2, -0.15) is 0 Å². The average Bonchev–Trinajstić information content (AvgIpc) is 3.05. The Morgan fingerprint density at radius 1 is 1.48 bits per heavy atom. The molecule has 0 spiro atoms. The van der Waals surface area contributed by atoms with Crippen LogP contribution < -0.4 is 11.1 Å². The molecule has 0 radical (unpaired) electrons. The number of thioether (sulfide) groups is 1. The fourth-order valence-electron chi connectivity index (χ4n) is 2.49. The van der Waals surface area contributed by atoms with Crippen molar-refractivity contribution in [3.05, 3.63) is 0 Å². The van der Waals surface area contributed by atoms with Crippen molar-refractivity contribution in [3.8, 4) is 0 Å². The lowest BCUT2D eigenvalue weighted by Gasteiger charge is -2.30. The number of hydrogen-bond acceptors (Lipinski definition) is 7. The van der Waals surface area contributed by atoms with Gasteiger partial charge < -0.3 is 15.6 Å². The van der Waals surface area contributed by atoms with Crippen LogP contribution >= 0.6 is 11.8 Å². The molecular formula is C12H20N4O4S. The van der Waals surface area contributed by atoms with Gasteiger partial charge in [0.05, 0.1) is 12.7 Å². The summed E-state index contributed by atoms with van der Waals surface area (Å²) in [6.45, 7) is 3.92. The molecule has 118 valence electrons. The molecule has 3 rings (SSSR count). The zero-order valence-electron chi connectivity index (χ0n) is 12.0. The highest BCUT2D eigenvalue weighted by atomic mass is 32.2. The quantitative estimate of drug-likeness (QED) is 0.650. The van der Waals surface area contributed by atoms with E-state index in [1.165, 1.54) is 4.90 Å². The molecule has 4 unspecified atom stereocenters. The van der Waals surface area contributed by atoms with Gasteiger partial charge in [-0.3, -0.25) is 19.8 Å². The molecule has 0 aromatic rings. The molecule has 3 aliphatic heterocycles. The van der Waals surface area contributed by atoms with Crippen LogP contribution in [0.2, 0.25) is 0 Å². The second-order valence-corrected chi connectivity index (χ2v) is 5.69. The van der Waals surface area contributed by atoms with Gasteiger partial charge in [0.25, 0.3) is 5.24 Å². The van der Waals surface area contributed by atoms with Crippen LogP contribution in [0.5, 0.6) is 0 Å². The fourth-order valence-corrected chi connectivity index (χ4v) is 3.53. The SMILES string of the molecule is CC.NC1=NC2C(SC(=O)N2C2CCC(CO)O2)C(=O)N1. The van der Waals surface area contributed by atoms with E-state index in [1.54, 1.807) is 0 Å². The van der Waals surface area contributed by atoms with Gasteiger partial charge in [-0.1, -0.05) is 13.8 Å². The molecule has 0 saturated carbocycles. The number of nitrogens with one attached hydrogen (secondary N) is 1. The Labute approximate surface area is 127 Å². The monoisotopic (exact) mass is 316 g/mol. The second-order valence-electron chi connectivity index (χ2n) is 4.60. The van der Waals surface area contributed by atoms with Crippen molar-refractivity contribution in [1.29, 1.82) is 0 Å². The minimum atomic E-state index is -0.617. The smallest absolute Gasteiger partial charge is 0.286 e. The summed E-state index contributed by atoms with van der Waals surface area (Å²) in [4.78, 5) is 29.4. The number of guanidine groups is 1. The molecule has 3 heterocycles. The number of rotatable bonds is 2. The normalized spacial score (nSPS) is 34.8. The summed E-state index contributed by atoms with van der Waals surface area (Å²) in [6.07, 6.45) is -0.0280. The molecule has 4 N–H and O–H groups in total. The highest BCUT2D eigenvalue weighted by Gasteiger charge is 2.51. The number of aliphatic hydroxyl groups is 1. The van der Waals surface area contributed by atoms with Gasteiger partial charge in [0.2, 0.25) is 5.91 Å². The van der Waals surface area contributed by atoms with Crippen LogP contribution in [0, 0.1) is 0 Å². The summed E-state index contributed by atoms with van der Waals surface area (Å²) in [5.41, 5.74) is 5.53. The average molecular weight is 316 g/mol. The lowest BCUT2D eigenvalue weighted by Crippen LogP contribution is -2.54. The van der Waals surface area contributed by atoms with Crippen molar-refractivity contribution in [2.45, 2.75) is 50.4 Å². The van der Waals surface area contributed by atoms with Crippen molar-refractivity contribution >= 4 is 28.9 Å². The highest BCUT2D eigenvalue weighted by molar-refractivity contribution is 8.15. The zero-order chi connectivity index (χ0) is 15.6. The van der Waals surface area contributed by atoms with Crippen molar-refractivity contribution in [2.75, 3.05) is 6.61 Å². The van der Waals surface area contributed by atoms with Crippen LogP contribution in [0.25, 0.3) is 0 Å². The van der Waals surface area contributed by atoms with Crippen molar-refractivity contribution in [3.63, 3.8) is 0 Å². The van der Waals surface area contributed by atoms with Crippen LogP contribution in [0.15, 0.2) is 4.99 Å². The maximum atomic E-state index is 12.0. The van der Waals surface area contributed by atoms with Crippen molar-refractivity contribution < 1.29 is 19.4 Å². The van der Waals surface area contributed by atoms with E-state index in [0.29, 0.717) is 12.8 Å². The minimum absolute atomic E-state index is 0.0169. The Hall–Kier alpha value is -1.32. The number of nitrogens with two attached hydrogens (primary N) is 1. The lowest BCUT2D eigenvalue weighted by atomic mass is 10.2. The Morgan fingerprint density at radius 2 is 2.19 bits per heavy atom. The van der Waals surface area contributed by atoms with Crippen LogP contribution in [0.4, 0.5) is 4.79 Å². The van der Waals surface area contributed by atoms with E-state index in [2.05, 4.69) is 10.3 Å². The van der Waals surface area contributed by atoms with Crippen LogP contribution in [-0.4, -0.2) is 57.5 Å². The van der Waals surface area contributed by atoms with Gasteiger partial charge in [-0.25, -0.2) is 4.99 Å². The molecule has 8 nitrogen and oxygen atoms in total. The van der Waals surface area contributed by atoms with Gasteiger partial charge >= 0.3 is 0 Å². The third kappa shape index (κ3) is 2.99. The summed E-state index contributed by atoms with van der Waals surface area (Å²) < 4.78 is 5.58. The Bertz CT molecular complexity index is 459. The Kier molecular flexibility index (Phi) is 5.07. The van der Waals surface area contributed by atoms with Crippen molar-refractivity contribution in [1.82, 2.24) is 10.2 Å². The summed E-state index contributed by atoms with van der Waals surface area (Å²) in [7, 11) is 0. The topological polar surface area (TPSA) is 117 Å². The first kappa shape index (κ1) is 16.1. The third-order valence-electron chi connectivity index (χ3n) is 3.37. The molecule has 0 aromatic heterocycles. The maximum absolute atomic E-state index is 12.0. The number of hydrogen-bond donors (Lipinski definition) is 3. The highest BCUT2D eigenvalue weighted by Crippen LogP contribution is 2.38. The Morgan fingerprint density at radius 3 is 2.81 bits per heavy atom. The first-order valence-electron chi connectivity index (χ1n) is 6.99. The number of carbonyl (C=O) groups excluding carboxylic acids is 2. The summed E-state index contributed by atoms with van der Waals surface area (Å²) in [5.74, 6) is -0.293. The molecule has 9 heteroatoms. The fraction of sp³-hybridized carbons (Fsp3) is 0.750. The molecule has 4 atom stereocenters. The summed E-state index contributed by atoms with van der Waals surface area (Å²) in [5, 5.41) is 10.6. The van der Waals surface area contributed by atoms with E-state index in [0.717, 1.165) is 11.8 Å². The van der Waals surface area contributed by atoms with E-state index in [9.17, 15) is 9.59 Å². The van der Waals surface area contributed by atoms with Crippen molar-refractivity contribution in [2.24, 2.45) is 10.7 Å². The molecular weight excluding hydrogens is 296 g/mol. The van der Waals surface area contributed by atoms with Crippen LogP contribution in [0.3, 0.4) is 0 Å². The molecule has 2 saturated heterocycles. The van der Waals surface area contributed by atoms with Gasteiger partial charge in [-0.05, 0) is 24.6 Å². The Balaban J connectivity index is 0.000000774. The van der Waals surface area contributed by atoms with Gasteiger partial charge in [0, 0.05) is 0 Å². The summed E-state index contributed by atoms with van der Waals surface area (Å²) >= 11 is 0.933. The molecule has 21 heavy (non-hydrogen) atoms. The third-order valence-corrected chi connectivity index (χ3v) is 4.50. The van der Waals surface area contributed by atoms with Crippen LogP contribution in [0.1, 0.15) is 26.7 Å². The standard InChI is InChI=1S/C10H14N4O4S.C2H6/c11-9-12-7-6(8(16)13-9)19-10(17)14(7)5-2-1-4(3-15)18-5;1-2/h4-7,15H,1-3H2,(H3,11,12,13,16);1-2H3. The van der Waals surface area contributed by atoms with E-state index in [4.69, 9.17) is 15.6 Å². The predicted molar refractivity (Wildman–Crippen MR) is 78.5 cm³/mol. The molecule has 0 aromatic carbocycles. The molecule has 0 aliphatic carbocycles. The lowest BCUT2D eigenvalue weighted by molar-refractivity contribution is -0.121. The molecule has 2 amide bonds. The number of carbonyl (C=O) groups is 2. The van der Waals surface area contributed by atoms with E-state index < -0.39 is 17.6 Å². The zero-order valence-corrected chi connectivity index (χ0v) is 12.8. The first-order chi connectivity index (χ1) is 10.1. The molecule has 0 bridgehead atoms. The number of aliphatic hydroxyl groups excluding tert-OH is 1. The largest absolute Gasteiger partial charge is 0.394 e. The van der Waals surface area contributed by atoms with E-state index >= 15 is 0 Å². The summed E-state index contributed by atoms with van der Waals surface area (Å²) in [6, 6.07) is 0. The number of amides is 2. The number of aliphatic imine (C=N–C) groups is 1. The molecule has 2 fully saturated rings.